The third-order valence-electron chi connectivity index (χ3n) is 7.27. The molecule has 168 valence electrons. The zero-order chi connectivity index (χ0) is 19.9. The molecule has 1 N–H and O–H groups in total. The predicted octanol–water partition coefficient (Wildman–Crippen LogP) is 3.78. The Morgan fingerprint density at radius 3 is 2.37 bits per heavy atom. The van der Waals surface area contributed by atoms with Crippen molar-refractivity contribution in [3.63, 3.8) is 0 Å². The van der Waals surface area contributed by atoms with E-state index in [0.717, 1.165) is 57.6 Å². The molecule has 3 aliphatic heterocycles. The highest BCUT2D eigenvalue weighted by molar-refractivity contribution is 14.0. The number of piperidine rings is 1. The summed E-state index contributed by atoms with van der Waals surface area (Å²) < 4.78 is 5.70. The van der Waals surface area contributed by atoms with E-state index in [4.69, 9.17) is 4.74 Å². The van der Waals surface area contributed by atoms with Crippen LogP contribution in [0.25, 0.3) is 0 Å². The molecule has 0 bridgehead atoms. The van der Waals surface area contributed by atoms with E-state index in [1.807, 2.05) is 7.05 Å². The number of halogens is 1. The Labute approximate surface area is 199 Å². The first-order valence-electron chi connectivity index (χ1n) is 11.6. The van der Waals surface area contributed by atoms with E-state index in [1.54, 1.807) is 0 Å². The van der Waals surface area contributed by atoms with Crippen LogP contribution >= 0.6 is 24.0 Å². The fourth-order valence-electron chi connectivity index (χ4n) is 5.42. The molecule has 6 heteroatoms. The normalized spacial score (nSPS) is 23.2. The Morgan fingerprint density at radius 2 is 1.73 bits per heavy atom. The molecule has 3 heterocycles. The summed E-state index contributed by atoms with van der Waals surface area (Å²) in [5.41, 5.74) is 1.72. The van der Waals surface area contributed by atoms with Gasteiger partial charge in [0.25, 0.3) is 0 Å². The molecule has 3 aliphatic rings. The molecule has 0 radical (unpaired) electrons. The van der Waals surface area contributed by atoms with E-state index in [9.17, 15) is 0 Å². The van der Waals surface area contributed by atoms with Crippen molar-refractivity contribution in [3.05, 3.63) is 35.9 Å². The van der Waals surface area contributed by atoms with E-state index < -0.39 is 0 Å². The van der Waals surface area contributed by atoms with Crippen LogP contribution in [0, 0.1) is 5.92 Å². The number of likely N-dealkylation sites (tertiary alicyclic amines) is 2. The summed E-state index contributed by atoms with van der Waals surface area (Å²) in [5.74, 6) is 1.88. The summed E-state index contributed by atoms with van der Waals surface area (Å²) in [7, 11) is 1.94. The van der Waals surface area contributed by atoms with Crippen molar-refractivity contribution < 1.29 is 4.74 Å². The van der Waals surface area contributed by atoms with E-state index in [2.05, 4.69) is 50.4 Å². The van der Waals surface area contributed by atoms with Gasteiger partial charge >= 0.3 is 0 Å². The highest BCUT2D eigenvalue weighted by Gasteiger charge is 2.40. The largest absolute Gasteiger partial charge is 0.381 e. The maximum atomic E-state index is 5.70. The smallest absolute Gasteiger partial charge is 0.193 e. The van der Waals surface area contributed by atoms with Crippen molar-refractivity contribution in [2.45, 2.75) is 50.5 Å². The summed E-state index contributed by atoms with van der Waals surface area (Å²) in [4.78, 5) is 9.84. The fraction of sp³-hybridized carbons (Fsp3) is 0.708. The molecular weight excluding hydrogens is 487 g/mol. The van der Waals surface area contributed by atoms with Crippen LogP contribution in [0.3, 0.4) is 0 Å². The number of guanidine groups is 1. The molecule has 0 amide bonds. The number of hydrogen-bond donors (Lipinski definition) is 1. The van der Waals surface area contributed by atoms with Crippen LogP contribution in [0.2, 0.25) is 0 Å². The van der Waals surface area contributed by atoms with E-state index >= 15 is 0 Å². The molecule has 0 atom stereocenters. The first kappa shape index (κ1) is 23.8. The van der Waals surface area contributed by atoms with Crippen molar-refractivity contribution in [2.24, 2.45) is 10.9 Å². The lowest BCUT2D eigenvalue weighted by molar-refractivity contribution is -0.0167. The Hall–Kier alpha value is -0.860. The standard InChI is InChI=1S/C24H38N4O.HI/c1-25-23(26-20-24(11-17-29-18-12-24)28-13-5-6-14-28)27-15-9-22(10-16-27)19-21-7-3-2-4-8-21;/h2-4,7-8,22H,5-6,9-20H2,1H3,(H,25,26);1H. The number of ether oxygens (including phenoxy) is 1. The third-order valence-corrected chi connectivity index (χ3v) is 7.27. The molecule has 3 fully saturated rings. The Morgan fingerprint density at radius 1 is 1.07 bits per heavy atom. The summed E-state index contributed by atoms with van der Waals surface area (Å²) in [6, 6.07) is 10.9. The van der Waals surface area contributed by atoms with Gasteiger partial charge in [0, 0.05) is 45.4 Å². The molecular formula is C24H39IN4O. The van der Waals surface area contributed by atoms with E-state index in [0.29, 0.717) is 0 Å². The number of benzene rings is 1. The van der Waals surface area contributed by atoms with Gasteiger partial charge in [-0.15, -0.1) is 24.0 Å². The molecule has 4 rings (SSSR count). The van der Waals surface area contributed by atoms with Crippen molar-refractivity contribution in [1.29, 1.82) is 0 Å². The second-order valence-electron chi connectivity index (χ2n) is 9.05. The van der Waals surface area contributed by atoms with Crippen LogP contribution in [0.1, 0.15) is 44.1 Å². The number of nitrogens with one attached hydrogen (secondary N) is 1. The predicted molar refractivity (Wildman–Crippen MR) is 135 cm³/mol. The quantitative estimate of drug-likeness (QED) is 0.360. The molecule has 30 heavy (non-hydrogen) atoms. The van der Waals surface area contributed by atoms with Crippen molar-refractivity contribution in [1.82, 2.24) is 15.1 Å². The van der Waals surface area contributed by atoms with Crippen LogP contribution in [0.15, 0.2) is 35.3 Å². The summed E-state index contributed by atoms with van der Waals surface area (Å²) >= 11 is 0. The molecule has 0 aliphatic carbocycles. The molecule has 3 saturated heterocycles. The summed E-state index contributed by atoms with van der Waals surface area (Å²) in [5, 5.41) is 3.77. The molecule has 5 nitrogen and oxygen atoms in total. The van der Waals surface area contributed by atoms with E-state index in [1.165, 1.54) is 50.8 Å². The van der Waals surface area contributed by atoms with Gasteiger partial charge in [-0.3, -0.25) is 9.89 Å². The van der Waals surface area contributed by atoms with Gasteiger partial charge in [0.15, 0.2) is 5.96 Å². The highest BCUT2D eigenvalue weighted by Crippen LogP contribution is 2.31. The Kier molecular flexibility index (Phi) is 9.26. The number of hydrogen-bond acceptors (Lipinski definition) is 3. The molecule has 0 unspecified atom stereocenters. The van der Waals surface area contributed by atoms with Gasteiger partial charge in [-0.25, -0.2) is 0 Å². The lowest BCUT2D eigenvalue weighted by Gasteiger charge is -2.45. The van der Waals surface area contributed by atoms with Crippen molar-refractivity contribution in [3.8, 4) is 0 Å². The second kappa shape index (κ2) is 11.7. The van der Waals surface area contributed by atoms with Gasteiger partial charge in [0.1, 0.15) is 0 Å². The lowest BCUT2D eigenvalue weighted by Crippen LogP contribution is -2.59. The topological polar surface area (TPSA) is 40.1 Å². The van der Waals surface area contributed by atoms with Crippen LogP contribution in [0.5, 0.6) is 0 Å². The molecule has 1 aromatic carbocycles. The number of nitrogens with zero attached hydrogens (tertiary/aromatic N) is 3. The minimum atomic E-state index is 0. The van der Waals surface area contributed by atoms with Crippen molar-refractivity contribution >= 4 is 29.9 Å². The molecule has 1 aromatic rings. The van der Waals surface area contributed by atoms with E-state index in [-0.39, 0.29) is 29.5 Å². The number of rotatable bonds is 5. The van der Waals surface area contributed by atoms with Gasteiger partial charge in [-0.05, 0) is 69.5 Å². The fourth-order valence-corrected chi connectivity index (χ4v) is 5.42. The highest BCUT2D eigenvalue weighted by atomic mass is 127. The van der Waals surface area contributed by atoms with Gasteiger partial charge < -0.3 is 15.0 Å². The minimum Gasteiger partial charge on any atom is -0.381 e. The maximum absolute atomic E-state index is 5.70. The molecule has 0 aromatic heterocycles. The summed E-state index contributed by atoms with van der Waals surface area (Å²) in [6.07, 6.45) is 8.66. The van der Waals surface area contributed by atoms with Gasteiger partial charge in [0.2, 0.25) is 0 Å². The van der Waals surface area contributed by atoms with Crippen LogP contribution in [-0.4, -0.2) is 74.3 Å². The monoisotopic (exact) mass is 526 g/mol. The van der Waals surface area contributed by atoms with Gasteiger partial charge in [0.05, 0.1) is 0 Å². The minimum absolute atomic E-state index is 0. The maximum Gasteiger partial charge on any atom is 0.193 e. The van der Waals surface area contributed by atoms with Crippen LogP contribution in [-0.2, 0) is 11.2 Å². The van der Waals surface area contributed by atoms with Crippen LogP contribution < -0.4 is 5.32 Å². The zero-order valence-corrected chi connectivity index (χ0v) is 20.9. The van der Waals surface area contributed by atoms with Gasteiger partial charge in [-0.2, -0.15) is 0 Å². The second-order valence-corrected chi connectivity index (χ2v) is 9.05. The Bertz CT molecular complexity index is 648. The molecule has 0 saturated carbocycles. The first-order chi connectivity index (χ1) is 14.3. The number of aliphatic imine (C=N–C) groups is 1. The van der Waals surface area contributed by atoms with Crippen LogP contribution in [0.4, 0.5) is 0 Å². The SMILES string of the molecule is CN=C(NCC1(N2CCCC2)CCOCC1)N1CCC(Cc2ccccc2)CC1.I. The summed E-state index contributed by atoms with van der Waals surface area (Å²) in [6.45, 7) is 7.47. The first-order valence-corrected chi connectivity index (χ1v) is 11.6. The average Bonchev–Trinajstić information content (AvgIpc) is 3.32. The third kappa shape index (κ3) is 5.88. The lowest BCUT2D eigenvalue weighted by atomic mass is 9.88. The average molecular weight is 527 g/mol. The van der Waals surface area contributed by atoms with Crippen molar-refractivity contribution in [2.75, 3.05) is 53.0 Å². The Balaban J connectivity index is 0.00000256. The van der Waals surface area contributed by atoms with Gasteiger partial charge in [-0.1, -0.05) is 30.3 Å². The molecule has 0 spiro atoms. The zero-order valence-electron chi connectivity index (χ0n) is 18.5.